The number of halogens is 2. The van der Waals surface area contributed by atoms with E-state index in [-0.39, 0.29) is 11.7 Å². The summed E-state index contributed by atoms with van der Waals surface area (Å²) >= 11 is 6.55. The van der Waals surface area contributed by atoms with Gasteiger partial charge in [0.2, 0.25) is 5.91 Å². The number of hydrogen-bond acceptors (Lipinski definition) is 3. The molecule has 0 heterocycles. The first kappa shape index (κ1) is 14.5. The molecule has 4 nitrogen and oxygen atoms in total. The number of rotatable bonds is 5. The van der Waals surface area contributed by atoms with Crippen LogP contribution in [0.5, 0.6) is 5.75 Å². The van der Waals surface area contributed by atoms with Crippen molar-refractivity contribution in [3.63, 3.8) is 0 Å². The van der Waals surface area contributed by atoms with Gasteiger partial charge in [0.15, 0.2) is 0 Å². The van der Waals surface area contributed by atoms with Gasteiger partial charge in [-0.1, -0.05) is 0 Å². The third kappa shape index (κ3) is 5.06. The topological polar surface area (TPSA) is 61.4 Å². The van der Waals surface area contributed by atoms with Gasteiger partial charge < -0.3 is 15.7 Å². The Kier molecular flexibility index (Phi) is 5.94. The second-order valence-electron chi connectivity index (χ2n) is 3.57. The van der Waals surface area contributed by atoms with Gasteiger partial charge in [0, 0.05) is 26.6 Å². The van der Waals surface area contributed by atoms with Gasteiger partial charge in [-0.25, -0.2) is 0 Å². The van der Waals surface area contributed by atoms with Crippen LogP contribution < -0.4 is 10.6 Å². The molecule has 0 aliphatic rings. The monoisotopic (exact) mass is 364 g/mol. The zero-order valence-electron chi connectivity index (χ0n) is 9.39. The van der Waals surface area contributed by atoms with E-state index >= 15 is 0 Å². The molecule has 1 aromatic carbocycles. The van der Waals surface area contributed by atoms with Crippen molar-refractivity contribution in [2.75, 3.05) is 13.1 Å². The summed E-state index contributed by atoms with van der Waals surface area (Å²) in [6.07, 6.45) is 0. The molecule has 0 atom stereocenters. The van der Waals surface area contributed by atoms with Gasteiger partial charge in [-0.2, -0.15) is 0 Å². The minimum Gasteiger partial charge on any atom is -0.506 e. The maximum atomic E-state index is 10.6. The summed E-state index contributed by atoms with van der Waals surface area (Å²) in [5, 5.41) is 15.4. The fourth-order valence-corrected chi connectivity index (χ4v) is 2.56. The Labute approximate surface area is 117 Å². The van der Waals surface area contributed by atoms with E-state index < -0.39 is 0 Å². The van der Waals surface area contributed by atoms with Crippen molar-refractivity contribution in [2.24, 2.45) is 0 Å². The van der Waals surface area contributed by atoms with Crippen LogP contribution in [-0.2, 0) is 11.3 Å². The highest BCUT2D eigenvalue weighted by atomic mass is 79.9. The van der Waals surface area contributed by atoms with Crippen molar-refractivity contribution in [3.05, 3.63) is 26.6 Å². The van der Waals surface area contributed by atoms with Crippen molar-refractivity contribution in [1.29, 1.82) is 0 Å². The summed E-state index contributed by atoms with van der Waals surface area (Å²) in [4.78, 5) is 10.6. The van der Waals surface area contributed by atoms with Crippen molar-refractivity contribution in [2.45, 2.75) is 13.5 Å². The molecule has 94 valence electrons. The van der Waals surface area contributed by atoms with Crippen LogP contribution in [0.4, 0.5) is 0 Å². The maximum Gasteiger partial charge on any atom is 0.216 e. The van der Waals surface area contributed by atoms with E-state index in [4.69, 9.17) is 0 Å². The standard InChI is InChI=1S/C11H14Br2N2O2/c1-7(16)15-3-2-14-6-8-4-9(12)11(17)10(13)5-8/h4-5,14,17H,2-3,6H2,1H3,(H,15,16). The summed E-state index contributed by atoms with van der Waals surface area (Å²) in [5.41, 5.74) is 1.05. The molecule has 0 saturated carbocycles. The number of carbonyl (C=O) groups is 1. The second kappa shape index (κ2) is 6.98. The molecule has 6 heteroatoms. The predicted octanol–water partition coefficient (Wildman–Crippen LogP) is 2.14. The fourth-order valence-electron chi connectivity index (χ4n) is 1.28. The lowest BCUT2D eigenvalue weighted by atomic mass is 10.2. The number of carbonyl (C=O) groups excluding carboxylic acids is 1. The summed E-state index contributed by atoms with van der Waals surface area (Å²) in [6.45, 7) is 3.48. The van der Waals surface area contributed by atoms with Crippen molar-refractivity contribution < 1.29 is 9.90 Å². The zero-order valence-corrected chi connectivity index (χ0v) is 12.6. The van der Waals surface area contributed by atoms with Crippen molar-refractivity contribution in [1.82, 2.24) is 10.6 Å². The molecule has 0 unspecified atom stereocenters. The Hall–Kier alpha value is -0.590. The van der Waals surface area contributed by atoms with Crippen molar-refractivity contribution in [3.8, 4) is 5.75 Å². The molecule has 0 radical (unpaired) electrons. The van der Waals surface area contributed by atoms with E-state index in [2.05, 4.69) is 42.5 Å². The molecule has 1 aromatic rings. The maximum absolute atomic E-state index is 10.6. The lowest BCUT2D eigenvalue weighted by Crippen LogP contribution is -2.29. The van der Waals surface area contributed by atoms with Crippen LogP contribution in [0.15, 0.2) is 21.1 Å². The van der Waals surface area contributed by atoms with E-state index in [1.165, 1.54) is 6.92 Å². The predicted molar refractivity (Wildman–Crippen MR) is 73.9 cm³/mol. The number of hydrogen-bond donors (Lipinski definition) is 3. The number of amides is 1. The molecule has 1 amide bonds. The number of aromatic hydroxyl groups is 1. The molecular weight excluding hydrogens is 352 g/mol. The number of phenols is 1. The highest BCUT2D eigenvalue weighted by Crippen LogP contribution is 2.33. The van der Waals surface area contributed by atoms with Crippen LogP contribution >= 0.6 is 31.9 Å². The Morgan fingerprint density at radius 2 is 1.88 bits per heavy atom. The quantitative estimate of drug-likeness (QED) is 0.700. The van der Waals surface area contributed by atoms with Crippen LogP contribution in [0.3, 0.4) is 0 Å². The Morgan fingerprint density at radius 3 is 2.41 bits per heavy atom. The molecule has 3 N–H and O–H groups in total. The summed E-state index contributed by atoms with van der Waals surface area (Å²) in [7, 11) is 0. The average Bonchev–Trinajstić information content (AvgIpc) is 2.25. The van der Waals surface area contributed by atoms with Gasteiger partial charge in [-0.15, -0.1) is 0 Å². The Bertz CT molecular complexity index is 387. The summed E-state index contributed by atoms with van der Waals surface area (Å²) in [6, 6.07) is 3.71. The second-order valence-corrected chi connectivity index (χ2v) is 5.28. The van der Waals surface area contributed by atoms with Crippen LogP contribution in [0, 0.1) is 0 Å². The molecule has 0 bridgehead atoms. The van der Waals surface area contributed by atoms with Crippen LogP contribution in [0.2, 0.25) is 0 Å². The number of phenolic OH excluding ortho intramolecular Hbond substituents is 1. The van der Waals surface area contributed by atoms with Gasteiger partial charge >= 0.3 is 0 Å². The molecular formula is C11H14Br2N2O2. The Morgan fingerprint density at radius 1 is 1.29 bits per heavy atom. The molecule has 0 aliphatic heterocycles. The fraction of sp³-hybridized carbons (Fsp3) is 0.364. The molecule has 1 rings (SSSR count). The van der Waals surface area contributed by atoms with E-state index in [1.807, 2.05) is 12.1 Å². The van der Waals surface area contributed by atoms with E-state index in [0.29, 0.717) is 28.6 Å². The summed E-state index contributed by atoms with van der Waals surface area (Å²) in [5.74, 6) is 0.175. The lowest BCUT2D eigenvalue weighted by Gasteiger charge is -2.08. The molecule has 0 saturated heterocycles. The Balaban J connectivity index is 2.39. The van der Waals surface area contributed by atoms with Gasteiger partial charge in [-0.3, -0.25) is 4.79 Å². The first-order chi connectivity index (χ1) is 8.00. The molecule has 0 aromatic heterocycles. The first-order valence-corrected chi connectivity index (χ1v) is 6.71. The van der Waals surface area contributed by atoms with Crippen LogP contribution in [0.25, 0.3) is 0 Å². The van der Waals surface area contributed by atoms with Gasteiger partial charge in [0.05, 0.1) is 8.95 Å². The van der Waals surface area contributed by atoms with Gasteiger partial charge in [0.25, 0.3) is 0 Å². The van der Waals surface area contributed by atoms with E-state index in [1.54, 1.807) is 0 Å². The smallest absolute Gasteiger partial charge is 0.216 e. The van der Waals surface area contributed by atoms with Crippen molar-refractivity contribution >= 4 is 37.8 Å². The highest BCUT2D eigenvalue weighted by molar-refractivity contribution is 9.11. The van der Waals surface area contributed by atoms with Crippen LogP contribution in [-0.4, -0.2) is 24.1 Å². The number of nitrogens with one attached hydrogen (secondary N) is 2. The average molecular weight is 366 g/mol. The third-order valence-corrected chi connectivity index (χ3v) is 3.29. The number of benzene rings is 1. The summed E-state index contributed by atoms with van der Waals surface area (Å²) < 4.78 is 1.32. The molecule has 0 aliphatic carbocycles. The normalized spacial score (nSPS) is 10.3. The molecule has 17 heavy (non-hydrogen) atoms. The zero-order chi connectivity index (χ0) is 12.8. The van der Waals surface area contributed by atoms with Gasteiger partial charge in [0.1, 0.15) is 5.75 Å². The van der Waals surface area contributed by atoms with E-state index in [9.17, 15) is 9.90 Å². The van der Waals surface area contributed by atoms with Crippen LogP contribution in [0.1, 0.15) is 12.5 Å². The van der Waals surface area contributed by atoms with Gasteiger partial charge in [-0.05, 0) is 49.6 Å². The minimum atomic E-state index is -0.0260. The molecule has 0 spiro atoms. The molecule has 0 fully saturated rings. The third-order valence-electron chi connectivity index (χ3n) is 2.08. The van der Waals surface area contributed by atoms with E-state index in [0.717, 1.165) is 5.56 Å². The first-order valence-electron chi connectivity index (χ1n) is 5.12. The largest absolute Gasteiger partial charge is 0.506 e. The lowest BCUT2D eigenvalue weighted by molar-refractivity contribution is -0.118. The highest BCUT2D eigenvalue weighted by Gasteiger charge is 2.05. The minimum absolute atomic E-state index is 0.0260. The SMILES string of the molecule is CC(=O)NCCNCc1cc(Br)c(O)c(Br)c1.